The number of pyridine rings is 1. The molecule has 1 aromatic rings. The predicted octanol–water partition coefficient (Wildman–Crippen LogP) is 6.35. The molecule has 1 rings (SSSR count). The lowest BCUT2D eigenvalue weighted by atomic mass is 10.0. The van der Waals surface area contributed by atoms with E-state index in [1.807, 2.05) is 30.6 Å². The Morgan fingerprint density at radius 1 is 0.679 bits per heavy atom. The summed E-state index contributed by atoms with van der Waals surface area (Å²) in [5.74, 6) is 0.200. The van der Waals surface area contributed by atoms with E-state index in [4.69, 9.17) is 0 Å². The Kier molecular flexibility index (Phi) is 16.7. The van der Waals surface area contributed by atoms with Crippen LogP contribution in [0.2, 0.25) is 0 Å². The zero-order valence-electron chi connectivity index (χ0n) is 18.5. The number of hydrogen-bond acceptors (Lipinski definition) is 1. The molecule has 1 amide bonds. The standard InChI is InChI=1S/C25H44N2O/c1-2-3-4-5-6-7-8-9-10-11-12-13-14-15-17-20-25(28)26-21-24-27-22-18-16-19-23-27/h16,18-19,22-23H,2-15,17,20-21,24H2,1H3/p+1. The fourth-order valence-electron chi connectivity index (χ4n) is 3.65. The molecule has 0 saturated carbocycles. The molecule has 0 aliphatic carbocycles. The van der Waals surface area contributed by atoms with E-state index in [0.717, 1.165) is 13.0 Å². The first-order chi connectivity index (χ1) is 13.8. The summed E-state index contributed by atoms with van der Waals surface area (Å²) in [5, 5.41) is 3.02. The monoisotopic (exact) mass is 389 g/mol. The van der Waals surface area contributed by atoms with Crippen LogP contribution in [0, 0.1) is 0 Å². The van der Waals surface area contributed by atoms with E-state index in [2.05, 4.69) is 16.8 Å². The van der Waals surface area contributed by atoms with Crippen molar-refractivity contribution in [1.29, 1.82) is 0 Å². The number of hydrogen-bond donors (Lipinski definition) is 1. The zero-order chi connectivity index (χ0) is 20.1. The van der Waals surface area contributed by atoms with Gasteiger partial charge in [-0.2, -0.15) is 0 Å². The zero-order valence-corrected chi connectivity index (χ0v) is 18.5. The molecule has 0 aromatic carbocycles. The van der Waals surface area contributed by atoms with Crippen molar-refractivity contribution in [2.45, 2.75) is 116 Å². The Labute approximate surface area is 174 Å². The third-order valence-corrected chi connectivity index (χ3v) is 5.48. The fourth-order valence-corrected chi connectivity index (χ4v) is 3.65. The van der Waals surface area contributed by atoms with Gasteiger partial charge in [-0.15, -0.1) is 0 Å². The SMILES string of the molecule is CCCCCCCCCCCCCCCCCC(=O)NCC[n+]1ccccc1. The van der Waals surface area contributed by atoms with Crippen LogP contribution < -0.4 is 9.88 Å². The lowest BCUT2D eigenvalue weighted by molar-refractivity contribution is -0.694. The topological polar surface area (TPSA) is 33.0 Å². The highest BCUT2D eigenvalue weighted by molar-refractivity contribution is 5.75. The van der Waals surface area contributed by atoms with Crippen molar-refractivity contribution in [3.63, 3.8) is 0 Å². The largest absolute Gasteiger partial charge is 0.350 e. The quantitative estimate of drug-likeness (QED) is 0.217. The lowest BCUT2D eigenvalue weighted by Gasteiger charge is -2.04. The van der Waals surface area contributed by atoms with E-state index in [0.29, 0.717) is 13.0 Å². The van der Waals surface area contributed by atoms with Crippen LogP contribution in [0.25, 0.3) is 0 Å². The van der Waals surface area contributed by atoms with Gasteiger partial charge in [-0.25, -0.2) is 4.57 Å². The molecule has 160 valence electrons. The van der Waals surface area contributed by atoms with Gasteiger partial charge in [-0.05, 0) is 6.42 Å². The van der Waals surface area contributed by atoms with Gasteiger partial charge in [0.15, 0.2) is 18.9 Å². The van der Waals surface area contributed by atoms with Crippen LogP contribution in [0.5, 0.6) is 0 Å². The van der Waals surface area contributed by atoms with Gasteiger partial charge >= 0.3 is 0 Å². The molecule has 0 unspecified atom stereocenters. The molecule has 0 aliphatic heterocycles. The molecule has 1 N–H and O–H groups in total. The minimum absolute atomic E-state index is 0.200. The number of carbonyl (C=O) groups is 1. The molecule has 1 aromatic heterocycles. The maximum absolute atomic E-state index is 11.8. The van der Waals surface area contributed by atoms with E-state index in [1.165, 1.54) is 89.9 Å². The first kappa shape index (κ1) is 24.7. The maximum Gasteiger partial charge on any atom is 0.220 e. The molecule has 0 saturated heterocycles. The minimum atomic E-state index is 0.200. The van der Waals surface area contributed by atoms with Crippen molar-refractivity contribution in [3.05, 3.63) is 30.6 Å². The summed E-state index contributed by atoms with van der Waals surface area (Å²) in [6.07, 6.45) is 25.1. The fraction of sp³-hybridized carbons (Fsp3) is 0.760. The molecule has 3 heteroatoms. The number of rotatable bonds is 19. The molecule has 0 fully saturated rings. The minimum Gasteiger partial charge on any atom is -0.350 e. The highest BCUT2D eigenvalue weighted by Gasteiger charge is 2.03. The molecule has 3 nitrogen and oxygen atoms in total. The van der Waals surface area contributed by atoms with Crippen LogP contribution in [0.15, 0.2) is 30.6 Å². The van der Waals surface area contributed by atoms with Crippen LogP contribution in [0.3, 0.4) is 0 Å². The molecule has 0 atom stereocenters. The Morgan fingerprint density at radius 3 is 1.64 bits per heavy atom. The first-order valence-corrected chi connectivity index (χ1v) is 12.0. The van der Waals surface area contributed by atoms with E-state index in [1.54, 1.807) is 0 Å². The van der Waals surface area contributed by atoms with Crippen LogP contribution in [0.1, 0.15) is 110 Å². The van der Waals surface area contributed by atoms with E-state index in [-0.39, 0.29) is 5.91 Å². The van der Waals surface area contributed by atoms with Crippen molar-refractivity contribution in [1.82, 2.24) is 5.32 Å². The molecule has 0 bridgehead atoms. The maximum atomic E-state index is 11.8. The van der Waals surface area contributed by atoms with Gasteiger partial charge < -0.3 is 5.32 Å². The summed E-state index contributed by atoms with van der Waals surface area (Å²) in [7, 11) is 0. The second-order valence-electron chi connectivity index (χ2n) is 8.16. The normalized spacial score (nSPS) is 10.9. The Bertz CT molecular complexity index is 461. The van der Waals surface area contributed by atoms with E-state index < -0.39 is 0 Å². The highest BCUT2D eigenvalue weighted by Crippen LogP contribution is 2.13. The summed E-state index contributed by atoms with van der Waals surface area (Å²) in [6, 6.07) is 6.03. The summed E-state index contributed by atoms with van der Waals surface area (Å²) >= 11 is 0. The van der Waals surface area contributed by atoms with Crippen molar-refractivity contribution in [2.75, 3.05) is 6.54 Å². The molecule has 1 heterocycles. The number of amides is 1. The number of nitrogens with zero attached hydrogens (tertiary/aromatic N) is 1. The molecule has 0 radical (unpaired) electrons. The van der Waals surface area contributed by atoms with Gasteiger partial charge in [0, 0.05) is 18.6 Å². The van der Waals surface area contributed by atoms with Gasteiger partial charge in [0.05, 0.1) is 6.54 Å². The molecular formula is C25H45N2O+. The van der Waals surface area contributed by atoms with Crippen LogP contribution >= 0.6 is 0 Å². The summed E-state index contributed by atoms with van der Waals surface area (Å²) in [4.78, 5) is 11.8. The van der Waals surface area contributed by atoms with Gasteiger partial charge in [0.1, 0.15) is 0 Å². The second-order valence-corrected chi connectivity index (χ2v) is 8.16. The molecule has 0 spiro atoms. The van der Waals surface area contributed by atoms with Crippen molar-refractivity contribution >= 4 is 5.91 Å². The number of carbonyl (C=O) groups excluding carboxylic acids is 1. The van der Waals surface area contributed by atoms with Crippen molar-refractivity contribution < 1.29 is 9.36 Å². The number of unbranched alkanes of at least 4 members (excludes halogenated alkanes) is 14. The number of aromatic nitrogens is 1. The summed E-state index contributed by atoms with van der Waals surface area (Å²) in [5.41, 5.74) is 0. The lowest BCUT2D eigenvalue weighted by Crippen LogP contribution is -2.39. The van der Waals surface area contributed by atoms with Gasteiger partial charge in [0.2, 0.25) is 5.91 Å². The van der Waals surface area contributed by atoms with Crippen LogP contribution in [-0.4, -0.2) is 12.5 Å². The predicted molar refractivity (Wildman–Crippen MR) is 119 cm³/mol. The highest BCUT2D eigenvalue weighted by atomic mass is 16.1. The average molecular weight is 390 g/mol. The number of nitrogens with one attached hydrogen (secondary N) is 1. The Balaban J connectivity index is 1.76. The van der Waals surface area contributed by atoms with E-state index >= 15 is 0 Å². The van der Waals surface area contributed by atoms with Crippen LogP contribution in [0.4, 0.5) is 0 Å². The average Bonchev–Trinajstić information content (AvgIpc) is 2.71. The smallest absolute Gasteiger partial charge is 0.220 e. The van der Waals surface area contributed by atoms with Crippen molar-refractivity contribution in [2.24, 2.45) is 0 Å². The third-order valence-electron chi connectivity index (χ3n) is 5.48. The Hall–Kier alpha value is -1.38. The van der Waals surface area contributed by atoms with Gasteiger partial charge in [-0.3, -0.25) is 4.79 Å². The molecular weight excluding hydrogens is 344 g/mol. The van der Waals surface area contributed by atoms with E-state index in [9.17, 15) is 4.79 Å². The molecule has 0 aliphatic rings. The van der Waals surface area contributed by atoms with Crippen molar-refractivity contribution in [3.8, 4) is 0 Å². The summed E-state index contributed by atoms with van der Waals surface area (Å²) in [6.45, 7) is 3.84. The molecule has 28 heavy (non-hydrogen) atoms. The van der Waals surface area contributed by atoms with Gasteiger partial charge in [0.25, 0.3) is 0 Å². The van der Waals surface area contributed by atoms with Crippen LogP contribution in [-0.2, 0) is 11.3 Å². The first-order valence-electron chi connectivity index (χ1n) is 12.0. The summed E-state index contributed by atoms with van der Waals surface area (Å²) < 4.78 is 2.09. The van der Waals surface area contributed by atoms with Gasteiger partial charge in [-0.1, -0.05) is 103 Å². The Morgan fingerprint density at radius 2 is 1.14 bits per heavy atom. The third kappa shape index (κ3) is 15.7. The second kappa shape index (κ2) is 19.0.